The highest BCUT2D eigenvalue weighted by Gasteiger charge is 2.45. The summed E-state index contributed by atoms with van der Waals surface area (Å²) in [5.41, 5.74) is 1.73. The van der Waals surface area contributed by atoms with E-state index >= 15 is 0 Å². The van der Waals surface area contributed by atoms with Gasteiger partial charge in [-0.15, -0.1) is 0 Å². The van der Waals surface area contributed by atoms with Crippen LogP contribution in [0.5, 0.6) is 5.75 Å². The number of imidazole rings is 1. The van der Waals surface area contributed by atoms with Crippen molar-refractivity contribution >= 4 is 38.9 Å². The molecule has 0 aliphatic carbocycles. The van der Waals surface area contributed by atoms with Crippen LogP contribution in [0, 0.1) is 0 Å². The molecule has 2 aliphatic heterocycles. The summed E-state index contributed by atoms with van der Waals surface area (Å²) >= 11 is 12.7. The van der Waals surface area contributed by atoms with E-state index in [0.717, 1.165) is 5.69 Å². The lowest BCUT2D eigenvalue weighted by Crippen LogP contribution is -2.49. The van der Waals surface area contributed by atoms with Gasteiger partial charge in [-0.05, 0) is 42.8 Å². The molecule has 0 unspecified atom stereocenters. The largest absolute Gasteiger partial charge is 0.491 e. The Kier molecular flexibility index (Phi) is 8.70. The number of benzene rings is 2. The summed E-state index contributed by atoms with van der Waals surface area (Å²) in [6.45, 7) is 5.19. The van der Waals surface area contributed by atoms with Gasteiger partial charge in [-0.25, -0.2) is 13.4 Å². The van der Waals surface area contributed by atoms with Gasteiger partial charge in [-0.3, -0.25) is 0 Å². The molecule has 39 heavy (non-hydrogen) atoms. The Bertz CT molecular complexity index is 1350. The van der Waals surface area contributed by atoms with Crippen molar-refractivity contribution in [1.29, 1.82) is 0 Å². The number of halogens is 2. The van der Waals surface area contributed by atoms with E-state index in [4.69, 9.17) is 37.4 Å². The molecule has 0 radical (unpaired) electrons. The van der Waals surface area contributed by atoms with E-state index in [-0.39, 0.29) is 11.9 Å². The fraction of sp³-hybridized carbons (Fsp3) is 0.444. The molecule has 0 N–H and O–H groups in total. The number of nitrogens with zero attached hydrogens (tertiary/aromatic N) is 4. The van der Waals surface area contributed by atoms with Crippen molar-refractivity contribution in [3.8, 4) is 5.75 Å². The maximum absolute atomic E-state index is 12.3. The van der Waals surface area contributed by atoms with E-state index in [1.54, 1.807) is 29.0 Å². The molecule has 0 amide bonds. The van der Waals surface area contributed by atoms with Gasteiger partial charge in [-0.2, -0.15) is 4.31 Å². The van der Waals surface area contributed by atoms with Gasteiger partial charge in [0.2, 0.25) is 15.8 Å². The van der Waals surface area contributed by atoms with E-state index in [0.29, 0.717) is 73.7 Å². The van der Waals surface area contributed by atoms with Crippen molar-refractivity contribution in [2.75, 3.05) is 50.0 Å². The second-order valence-electron chi connectivity index (χ2n) is 9.67. The first-order valence-corrected chi connectivity index (χ1v) is 15.3. The molecule has 1 aromatic heterocycles. The maximum Gasteiger partial charge on any atom is 0.215 e. The van der Waals surface area contributed by atoms with Crippen LogP contribution in [0.25, 0.3) is 0 Å². The van der Waals surface area contributed by atoms with Crippen LogP contribution in [-0.4, -0.2) is 73.5 Å². The van der Waals surface area contributed by atoms with Gasteiger partial charge in [0.25, 0.3) is 0 Å². The molecule has 0 bridgehead atoms. The predicted molar refractivity (Wildman–Crippen MR) is 151 cm³/mol. The summed E-state index contributed by atoms with van der Waals surface area (Å²) in [6, 6.07) is 13.1. The minimum Gasteiger partial charge on any atom is -0.491 e. The zero-order chi connectivity index (χ0) is 27.5. The number of rotatable bonds is 10. The molecular formula is C27H32Cl2N4O5S. The minimum absolute atomic E-state index is 0.201. The molecule has 3 aromatic rings. The zero-order valence-electron chi connectivity index (χ0n) is 21.7. The average molecular weight is 596 g/mol. The van der Waals surface area contributed by atoms with E-state index in [2.05, 4.69) is 9.88 Å². The Morgan fingerprint density at radius 1 is 1.10 bits per heavy atom. The van der Waals surface area contributed by atoms with Gasteiger partial charge in [0.1, 0.15) is 18.5 Å². The summed E-state index contributed by atoms with van der Waals surface area (Å²) in [5, 5.41) is 0.995. The molecule has 3 heterocycles. The summed E-state index contributed by atoms with van der Waals surface area (Å²) < 4.78 is 46.9. The van der Waals surface area contributed by atoms with Crippen LogP contribution in [0.1, 0.15) is 18.9 Å². The number of aromatic nitrogens is 2. The van der Waals surface area contributed by atoms with Gasteiger partial charge in [0.05, 0.1) is 30.3 Å². The van der Waals surface area contributed by atoms with E-state index in [1.165, 1.54) is 0 Å². The third-order valence-electron chi connectivity index (χ3n) is 6.88. The molecule has 0 saturated carbocycles. The van der Waals surface area contributed by atoms with Gasteiger partial charge in [0, 0.05) is 54.8 Å². The second-order valence-corrected chi connectivity index (χ2v) is 12.6. The molecule has 12 heteroatoms. The Hall–Kier alpha value is -2.34. The van der Waals surface area contributed by atoms with E-state index in [1.807, 2.05) is 48.0 Å². The number of hydrogen-bond donors (Lipinski definition) is 0. The van der Waals surface area contributed by atoms with Crippen LogP contribution < -0.4 is 9.64 Å². The summed E-state index contributed by atoms with van der Waals surface area (Å²) in [5.74, 6) is -0.192. The molecule has 9 nitrogen and oxygen atoms in total. The van der Waals surface area contributed by atoms with Crippen molar-refractivity contribution in [2.24, 2.45) is 0 Å². The normalized spacial score (nSPS) is 22.3. The highest BCUT2D eigenvalue weighted by molar-refractivity contribution is 7.89. The molecule has 2 atom stereocenters. The SMILES string of the molecule is CCCS(=O)(=O)N1CCN(c2ccc(OC[C@H]3CO[C@](Cn4ccnc4)(c4ccc(Cl)cc4Cl)O3)cc2)CC1. The minimum atomic E-state index is -3.16. The van der Waals surface area contributed by atoms with Crippen LogP contribution in [0.3, 0.4) is 0 Å². The highest BCUT2D eigenvalue weighted by Crippen LogP contribution is 2.40. The second kappa shape index (κ2) is 12.0. The van der Waals surface area contributed by atoms with Crippen LogP contribution in [-0.2, 0) is 31.8 Å². The quantitative estimate of drug-likeness (QED) is 0.344. The summed E-state index contributed by atoms with van der Waals surface area (Å²) in [6.07, 6.45) is 5.55. The molecular weight excluding hydrogens is 563 g/mol. The van der Waals surface area contributed by atoms with Crippen LogP contribution in [0.15, 0.2) is 61.2 Å². The Balaban J connectivity index is 1.19. The standard InChI is InChI=1S/C27H32Cl2N4O5S/c1-2-15-39(34,35)33-13-11-32(12-14-33)22-4-6-23(7-5-22)36-17-24-18-37-27(38-24,19-31-10-9-30-20-31)25-8-3-21(28)16-26(25)29/h3-10,16,20,24H,2,11-15,17-19H2,1H3/t24-,27-/m0/s1. The van der Waals surface area contributed by atoms with Crippen LogP contribution in [0.2, 0.25) is 10.0 Å². The van der Waals surface area contributed by atoms with Gasteiger partial charge >= 0.3 is 0 Å². The number of sulfonamides is 1. The van der Waals surface area contributed by atoms with Gasteiger partial charge in [-0.1, -0.05) is 36.2 Å². The topological polar surface area (TPSA) is 86.1 Å². The number of ether oxygens (including phenoxy) is 3. The Morgan fingerprint density at radius 3 is 2.54 bits per heavy atom. The van der Waals surface area contributed by atoms with Gasteiger partial charge in [0.15, 0.2) is 0 Å². The molecule has 2 aromatic carbocycles. The first-order valence-electron chi connectivity index (χ1n) is 13.0. The van der Waals surface area contributed by atoms with E-state index < -0.39 is 15.8 Å². The van der Waals surface area contributed by atoms with Crippen molar-refractivity contribution in [3.63, 3.8) is 0 Å². The lowest BCUT2D eigenvalue weighted by atomic mass is 10.1. The molecule has 210 valence electrons. The van der Waals surface area contributed by atoms with Crippen molar-refractivity contribution in [3.05, 3.63) is 76.8 Å². The van der Waals surface area contributed by atoms with E-state index in [9.17, 15) is 8.42 Å². The van der Waals surface area contributed by atoms with Crippen LogP contribution in [0.4, 0.5) is 5.69 Å². The fourth-order valence-electron chi connectivity index (χ4n) is 4.93. The van der Waals surface area contributed by atoms with Crippen molar-refractivity contribution in [2.45, 2.75) is 31.8 Å². The number of piperazine rings is 1. The fourth-order valence-corrected chi connectivity index (χ4v) is 6.98. The van der Waals surface area contributed by atoms with Crippen molar-refractivity contribution in [1.82, 2.24) is 13.9 Å². The zero-order valence-corrected chi connectivity index (χ0v) is 24.0. The maximum atomic E-state index is 12.3. The summed E-state index contributed by atoms with van der Waals surface area (Å²) in [7, 11) is -3.16. The third kappa shape index (κ3) is 6.53. The number of hydrogen-bond acceptors (Lipinski definition) is 7. The lowest BCUT2D eigenvalue weighted by Gasteiger charge is -2.35. The Morgan fingerprint density at radius 2 is 1.87 bits per heavy atom. The van der Waals surface area contributed by atoms with Crippen LogP contribution >= 0.6 is 23.2 Å². The molecule has 2 fully saturated rings. The third-order valence-corrected chi connectivity index (χ3v) is 9.51. The first kappa shape index (κ1) is 28.2. The predicted octanol–water partition coefficient (Wildman–Crippen LogP) is 4.40. The summed E-state index contributed by atoms with van der Waals surface area (Å²) in [4.78, 5) is 6.31. The lowest BCUT2D eigenvalue weighted by molar-refractivity contribution is -0.189. The molecule has 5 rings (SSSR count). The molecule has 0 spiro atoms. The highest BCUT2D eigenvalue weighted by atomic mass is 35.5. The monoisotopic (exact) mass is 594 g/mol. The van der Waals surface area contributed by atoms with Crippen molar-refractivity contribution < 1.29 is 22.6 Å². The average Bonchev–Trinajstić information content (AvgIpc) is 3.58. The van der Waals surface area contributed by atoms with Gasteiger partial charge < -0.3 is 23.7 Å². The molecule has 2 saturated heterocycles. The Labute approximate surface area is 239 Å². The smallest absolute Gasteiger partial charge is 0.215 e. The molecule has 2 aliphatic rings. The number of anilines is 1. The first-order chi connectivity index (χ1) is 18.8.